The minimum absolute atomic E-state index is 0.0728. The Morgan fingerprint density at radius 2 is 1.68 bits per heavy atom. The van der Waals surface area contributed by atoms with E-state index >= 15 is 0 Å². The number of nitrogens with one attached hydrogen (secondary N) is 1. The highest BCUT2D eigenvalue weighted by atomic mass is 16.5. The van der Waals surface area contributed by atoms with E-state index in [-0.39, 0.29) is 11.5 Å². The number of aromatic amines is 1. The number of allylic oxidation sites excluding steroid dienone is 1. The van der Waals surface area contributed by atoms with Gasteiger partial charge in [-0.3, -0.25) is 0 Å². The summed E-state index contributed by atoms with van der Waals surface area (Å²) in [4.78, 5) is 12.3. The molecule has 0 bridgehead atoms. The zero-order valence-electron chi connectivity index (χ0n) is 12.2. The minimum Gasteiger partial charge on any atom is -0.338 e. The highest BCUT2D eigenvalue weighted by Gasteiger charge is 2.23. The smallest absolute Gasteiger partial charge is 0.338 e. The van der Waals surface area contributed by atoms with E-state index in [4.69, 9.17) is 4.52 Å². The summed E-state index contributed by atoms with van der Waals surface area (Å²) in [5.41, 5.74) is 3.08. The lowest BCUT2D eigenvalue weighted by Gasteiger charge is -2.14. The van der Waals surface area contributed by atoms with Crippen LogP contribution >= 0.6 is 0 Å². The van der Waals surface area contributed by atoms with Crippen LogP contribution in [0.1, 0.15) is 23.5 Å². The van der Waals surface area contributed by atoms with E-state index in [1.165, 1.54) is 0 Å². The first kappa shape index (κ1) is 14.1. The molecule has 0 saturated heterocycles. The van der Waals surface area contributed by atoms with Crippen molar-refractivity contribution in [2.45, 2.75) is 12.3 Å². The van der Waals surface area contributed by atoms with Crippen molar-refractivity contribution in [3.05, 3.63) is 94.9 Å². The van der Waals surface area contributed by atoms with Gasteiger partial charge >= 0.3 is 5.63 Å². The van der Waals surface area contributed by atoms with E-state index in [9.17, 15) is 4.79 Å². The predicted octanol–water partition coefficient (Wildman–Crippen LogP) is 4.34. The summed E-state index contributed by atoms with van der Waals surface area (Å²) < 4.78 is 5.08. The Labute approximate surface area is 128 Å². The van der Waals surface area contributed by atoms with Crippen LogP contribution in [0.5, 0.6) is 0 Å². The molecule has 0 fully saturated rings. The van der Waals surface area contributed by atoms with Crippen LogP contribution in [-0.2, 0) is 0 Å². The average Bonchev–Trinajstić information content (AvgIpc) is 2.96. The molecule has 22 heavy (non-hydrogen) atoms. The van der Waals surface area contributed by atoms with Crippen molar-refractivity contribution < 1.29 is 4.52 Å². The van der Waals surface area contributed by atoms with E-state index in [0.29, 0.717) is 12.0 Å². The van der Waals surface area contributed by atoms with Gasteiger partial charge in [-0.05, 0) is 12.0 Å². The van der Waals surface area contributed by atoms with Gasteiger partial charge < -0.3 is 4.52 Å². The lowest BCUT2D eigenvalue weighted by molar-refractivity contribution is 0.391. The lowest BCUT2D eigenvalue weighted by atomic mass is 9.87. The van der Waals surface area contributed by atoms with E-state index in [0.717, 1.165) is 16.8 Å². The molecule has 1 atom stereocenters. The number of hydrogen-bond donors (Lipinski definition) is 1. The second-order valence-corrected chi connectivity index (χ2v) is 5.13. The minimum atomic E-state index is -0.324. The number of hydrogen-bond acceptors (Lipinski definition) is 2. The second-order valence-electron chi connectivity index (χ2n) is 5.13. The summed E-state index contributed by atoms with van der Waals surface area (Å²) in [6.45, 7) is 3.83. The van der Waals surface area contributed by atoms with E-state index in [1.807, 2.05) is 66.7 Å². The molecule has 1 heterocycles. The first-order chi connectivity index (χ1) is 10.8. The van der Waals surface area contributed by atoms with Crippen molar-refractivity contribution in [3.63, 3.8) is 0 Å². The summed E-state index contributed by atoms with van der Waals surface area (Å²) in [6, 6.07) is 19.7. The van der Waals surface area contributed by atoms with Crippen LogP contribution in [0.25, 0.3) is 11.3 Å². The Hall–Kier alpha value is -2.81. The molecule has 1 N–H and O–H groups in total. The lowest BCUT2D eigenvalue weighted by Crippen LogP contribution is -2.10. The summed E-state index contributed by atoms with van der Waals surface area (Å²) >= 11 is 0. The fraction of sp³-hybridized carbons (Fsp3) is 0.105. The number of rotatable bonds is 5. The van der Waals surface area contributed by atoms with Crippen molar-refractivity contribution in [1.29, 1.82) is 0 Å². The van der Waals surface area contributed by atoms with Gasteiger partial charge in [0.15, 0.2) is 0 Å². The zero-order valence-corrected chi connectivity index (χ0v) is 12.2. The van der Waals surface area contributed by atoms with Crippen molar-refractivity contribution in [3.8, 4) is 11.3 Å². The molecule has 3 rings (SSSR count). The SMILES string of the molecule is C=CCC(c1ccccc1)c1c(-c2ccccc2)[nH]oc1=O. The molecule has 3 aromatic rings. The van der Waals surface area contributed by atoms with Gasteiger partial charge in [0.25, 0.3) is 0 Å². The van der Waals surface area contributed by atoms with Crippen molar-refractivity contribution >= 4 is 0 Å². The average molecular weight is 291 g/mol. The van der Waals surface area contributed by atoms with Crippen LogP contribution in [0.4, 0.5) is 0 Å². The van der Waals surface area contributed by atoms with Gasteiger partial charge in [-0.1, -0.05) is 66.7 Å². The van der Waals surface area contributed by atoms with Crippen LogP contribution in [0.2, 0.25) is 0 Å². The first-order valence-corrected chi connectivity index (χ1v) is 7.24. The van der Waals surface area contributed by atoms with Gasteiger partial charge in [-0.2, -0.15) is 0 Å². The molecule has 2 aromatic carbocycles. The first-order valence-electron chi connectivity index (χ1n) is 7.24. The standard InChI is InChI=1S/C19H17NO2/c1-2-9-16(14-10-5-3-6-11-14)17-18(20-22-19(17)21)15-12-7-4-8-13-15/h2-8,10-13,16,20H,1,9H2. The Bertz CT molecular complexity index is 800. The topological polar surface area (TPSA) is 46.0 Å². The third kappa shape index (κ3) is 2.66. The third-order valence-corrected chi connectivity index (χ3v) is 3.75. The highest BCUT2D eigenvalue weighted by molar-refractivity contribution is 5.63. The van der Waals surface area contributed by atoms with Crippen molar-refractivity contribution in [2.24, 2.45) is 0 Å². The van der Waals surface area contributed by atoms with E-state index < -0.39 is 0 Å². The molecule has 0 aliphatic carbocycles. The van der Waals surface area contributed by atoms with Gasteiger partial charge in [0.05, 0.1) is 11.3 Å². The van der Waals surface area contributed by atoms with Gasteiger partial charge in [0.1, 0.15) is 0 Å². The summed E-state index contributed by atoms with van der Waals surface area (Å²) in [6.07, 6.45) is 2.51. The zero-order chi connectivity index (χ0) is 15.4. The van der Waals surface area contributed by atoms with Crippen molar-refractivity contribution in [2.75, 3.05) is 0 Å². The monoisotopic (exact) mass is 291 g/mol. The van der Waals surface area contributed by atoms with Gasteiger partial charge in [-0.15, -0.1) is 6.58 Å². The third-order valence-electron chi connectivity index (χ3n) is 3.75. The normalized spacial score (nSPS) is 12.0. The fourth-order valence-electron chi connectivity index (χ4n) is 2.72. The highest BCUT2D eigenvalue weighted by Crippen LogP contribution is 2.32. The Kier molecular flexibility index (Phi) is 4.05. The molecule has 0 amide bonds. The largest absolute Gasteiger partial charge is 0.361 e. The molecule has 110 valence electrons. The summed E-state index contributed by atoms with van der Waals surface area (Å²) in [7, 11) is 0. The van der Waals surface area contributed by atoms with Crippen LogP contribution in [0.3, 0.4) is 0 Å². The van der Waals surface area contributed by atoms with Gasteiger partial charge in [0.2, 0.25) is 0 Å². The Morgan fingerprint density at radius 3 is 2.32 bits per heavy atom. The van der Waals surface area contributed by atoms with E-state index in [1.54, 1.807) is 0 Å². The molecule has 0 spiro atoms. The van der Waals surface area contributed by atoms with Gasteiger partial charge in [0, 0.05) is 11.5 Å². The van der Waals surface area contributed by atoms with Crippen LogP contribution in [0, 0.1) is 0 Å². The molecule has 3 nitrogen and oxygen atoms in total. The fourth-order valence-corrected chi connectivity index (χ4v) is 2.72. The molecule has 3 heteroatoms. The van der Waals surface area contributed by atoms with Crippen LogP contribution in [0.15, 0.2) is 82.6 Å². The molecular formula is C19H17NO2. The number of benzene rings is 2. The van der Waals surface area contributed by atoms with E-state index in [2.05, 4.69) is 11.7 Å². The van der Waals surface area contributed by atoms with Crippen LogP contribution in [-0.4, -0.2) is 5.16 Å². The molecule has 0 radical (unpaired) electrons. The maximum absolute atomic E-state index is 12.3. The molecule has 0 saturated carbocycles. The van der Waals surface area contributed by atoms with Gasteiger partial charge in [-0.25, -0.2) is 9.95 Å². The molecule has 0 aliphatic heterocycles. The predicted molar refractivity (Wildman–Crippen MR) is 87.9 cm³/mol. The number of H-pyrrole nitrogens is 1. The maximum atomic E-state index is 12.3. The Balaban J connectivity index is 2.15. The quantitative estimate of drug-likeness (QED) is 0.711. The summed E-state index contributed by atoms with van der Waals surface area (Å²) in [5.74, 6) is -0.0728. The molecule has 1 aromatic heterocycles. The summed E-state index contributed by atoms with van der Waals surface area (Å²) in [5, 5.41) is 2.78. The second kappa shape index (κ2) is 6.31. The van der Waals surface area contributed by atoms with Crippen molar-refractivity contribution in [1.82, 2.24) is 5.16 Å². The van der Waals surface area contributed by atoms with Crippen LogP contribution < -0.4 is 5.63 Å². The Morgan fingerprint density at radius 1 is 1.05 bits per heavy atom. The number of aromatic nitrogens is 1. The maximum Gasteiger partial charge on any atom is 0.361 e. The molecule has 0 aliphatic rings. The molecule has 1 unspecified atom stereocenters. The molecular weight excluding hydrogens is 274 g/mol.